The maximum atomic E-state index is 3.40. The average Bonchev–Trinajstić information content (AvgIpc) is 2.33. The van der Waals surface area contributed by atoms with Crippen LogP contribution in [0.2, 0.25) is 0 Å². The summed E-state index contributed by atoms with van der Waals surface area (Å²) >= 11 is 1.82. The molecule has 2 rings (SSSR count). The standard InChI is InChI=1S/C12H13NS.C2H6/c1-3-6-11-9(2)13-10-7-4-5-8-12(10)14-11;1-2/h3-8,13H,1-2H3;1-2H3/b6-3-;. The molecule has 0 amide bonds. The van der Waals surface area contributed by atoms with Crippen LogP contribution in [0.5, 0.6) is 0 Å². The monoisotopic (exact) mass is 233 g/mol. The van der Waals surface area contributed by atoms with Crippen molar-refractivity contribution >= 4 is 17.4 Å². The van der Waals surface area contributed by atoms with Crippen molar-refractivity contribution in [1.29, 1.82) is 0 Å². The molecule has 1 N–H and O–H groups in total. The minimum absolute atomic E-state index is 1.21. The predicted molar refractivity (Wildman–Crippen MR) is 74.8 cm³/mol. The van der Waals surface area contributed by atoms with Crippen LogP contribution in [-0.4, -0.2) is 0 Å². The minimum Gasteiger partial charge on any atom is -0.357 e. The van der Waals surface area contributed by atoms with E-state index in [4.69, 9.17) is 0 Å². The molecule has 0 fully saturated rings. The Labute approximate surface area is 103 Å². The molecule has 0 atom stereocenters. The molecule has 0 saturated heterocycles. The van der Waals surface area contributed by atoms with Crippen LogP contribution >= 0.6 is 11.8 Å². The van der Waals surface area contributed by atoms with E-state index in [1.165, 1.54) is 21.2 Å². The van der Waals surface area contributed by atoms with E-state index < -0.39 is 0 Å². The van der Waals surface area contributed by atoms with Crippen LogP contribution in [0.1, 0.15) is 27.7 Å². The van der Waals surface area contributed by atoms with Gasteiger partial charge in [-0.2, -0.15) is 0 Å². The summed E-state index contributed by atoms with van der Waals surface area (Å²) in [5.74, 6) is 0. The lowest BCUT2D eigenvalue weighted by molar-refractivity contribution is 1.29. The molecule has 86 valence electrons. The van der Waals surface area contributed by atoms with Crippen molar-refractivity contribution in [2.75, 3.05) is 5.32 Å². The minimum atomic E-state index is 1.21. The average molecular weight is 233 g/mol. The number of hydrogen-bond donors (Lipinski definition) is 1. The number of fused-ring (bicyclic) bond motifs is 1. The lowest BCUT2D eigenvalue weighted by Gasteiger charge is -2.20. The highest BCUT2D eigenvalue weighted by atomic mass is 32.2. The van der Waals surface area contributed by atoms with Gasteiger partial charge in [0.1, 0.15) is 0 Å². The molecule has 0 saturated carbocycles. The lowest BCUT2D eigenvalue weighted by atomic mass is 10.3. The van der Waals surface area contributed by atoms with Gasteiger partial charge >= 0.3 is 0 Å². The number of thioether (sulfide) groups is 1. The van der Waals surface area contributed by atoms with Gasteiger partial charge in [-0.25, -0.2) is 0 Å². The van der Waals surface area contributed by atoms with Gasteiger partial charge in [0.15, 0.2) is 0 Å². The summed E-state index contributed by atoms with van der Waals surface area (Å²) in [4.78, 5) is 2.59. The Kier molecular flexibility index (Phi) is 5.20. The summed E-state index contributed by atoms with van der Waals surface area (Å²) < 4.78 is 0. The van der Waals surface area contributed by atoms with Crippen molar-refractivity contribution in [1.82, 2.24) is 0 Å². The molecular formula is C14H19NS. The molecule has 0 unspecified atom stereocenters. The topological polar surface area (TPSA) is 12.0 Å². The van der Waals surface area contributed by atoms with Crippen molar-refractivity contribution in [3.63, 3.8) is 0 Å². The van der Waals surface area contributed by atoms with Crippen LogP contribution in [0.15, 0.2) is 51.9 Å². The number of hydrogen-bond acceptors (Lipinski definition) is 2. The third-order valence-corrected chi connectivity index (χ3v) is 3.35. The number of para-hydroxylation sites is 1. The highest BCUT2D eigenvalue weighted by Crippen LogP contribution is 2.39. The van der Waals surface area contributed by atoms with Gasteiger partial charge in [-0.05, 0) is 26.0 Å². The van der Waals surface area contributed by atoms with Gasteiger partial charge in [0.2, 0.25) is 0 Å². The largest absolute Gasteiger partial charge is 0.357 e. The molecule has 1 aromatic carbocycles. The van der Waals surface area contributed by atoms with Crippen molar-refractivity contribution < 1.29 is 0 Å². The van der Waals surface area contributed by atoms with Gasteiger partial charge in [-0.3, -0.25) is 0 Å². The zero-order valence-electron chi connectivity index (χ0n) is 10.4. The second-order valence-electron chi connectivity index (χ2n) is 3.21. The summed E-state index contributed by atoms with van der Waals surface area (Å²) in [5, 5.41) is 3.40. The third kappa shape index (κ3) is 2.92. The summed E-state index contributed by atoms with van der Waals surface area (Å²) in [6.07, 6.45) is 4.21. The van der Waals surface area contributed by atoms with E-state index in [2.05, 4.69) is 48.7 Å². The first-order chi connectivity index (χ1) is 7.81. The highest BCUT2D eigenvalue weighted by molar-refractivity contribution is 8.03. The van der Waals surface area contributed by atoms with Crippen molar-refractivity contribution in [2.24, 2.45) is 0 Å². The molecule has 0 aromatic heterocycles. The fourth-order valence-corrected chi connectivity index (χ4v) is 2.45. The molecule has 1 aliphatic rings. The molecule has 0 bridgehead atoms. The first-order valence-corrected chi connectivity index (χ1v) is 6.50. The molecule has 1 heterocycles. The lowest BCUT2D eigenvalue weighted by Crippen LogP contribution is -2.03. The van der Waals surface area contributed by atoms with E-state index in [1.54, 1.807) is 0 Å². The Morgan fingerprint density at radius 1 is 1.19 bits per heavy atom. The summed E-state index contributed by atoms with van der Waals surface area (Å²) in [5.41, 5.74) is 2.44. The van der Waals surface area contributed by atoms with Crippen molar-refractivity contribution in [3.8, 4) is 0 Å². The number of benzene rings is 1. The number of allylic oxidation sites excluding steroid dienone is 3. The highest BCUT2D eigenvalue weighted by Gasteiger charge is 2.12. The zero-order valence-corrected chi connectivity index (χ0v) is 11.2. The molecule has 1 aromatic rings. The fraction of sp³-hybridized carbons (Fsp3) is 0.286. The first kappa shape index (κ1) is 12.9. The molecular weight excluding hydrogens is 214 g/mol. The fourth-order valence-electron chi connectivity index (χ4n) is 1.43. The van der Waals surface area contributed by atoms with Gasteiger partial charge in [-0.1, -0.05) is 49.9 Å². The van der Waals surface area contributed by atoms with E-state index in [1.807, 2.05) is 32.5 Å². The van der Waals surface area contributed by atoms with E-state index in [0.29, 0.717) is 0 Å². The van der Waals surface area contributed by atoms with Crippen LogP contribution in [0.4, 0.5) is 5.69 Å². The van der Waals surface area contributed by atoms with Crippen LogP contribution < -0.4 is 5.32 Å². The van der Waals surface area contributed by atoms with Crippen LogP contribution in [0.3, 0.4) is 0 Å². The summed E-state index contributed by atoms with van der Waals surface area (Å²) in [6, 6.07) is 8.38. The molecule has 1 aliphatic heterocycles. The number of rotatable bonds is 1. The third-order valence-electron chi connectivity index (χ3n) is 2.12. The molecule has 16 heavy (non-hydrogen) atoms. The molecule has 1 nitrogen and oxygen atoms in total. The quantitative estimate of drug-likeness (QED) is 0.729. The second kappa shape index (κ2) is 6.44. The molecule has 2 heteroatoms. The SMILES string of the molecule is C/C=C\C1=C(C)Nc2ccccc2S1.CC. The molecule has 0 radical (unpaired) electrons. The van der Waals surface area contributed by atoms with E-state index in [-0.39, 0.29) is 0 Å². The van der Waals surface area contributed by atoms with E-state index in [0.717, 1.165) is 0 Å². The summed E-state index contributed by atoms with van der Waals surface area (Å²) in [6.45, 7) is 8.15. The van der Waals surface area contributed by atoms with Crippen LogP contribution in [0.25, 0.3) is 0 Å². The van der Waals surface area contributed by atoms with Gasteiger partial charge in [-0.15, -0.1) is 0 Å². The smallest absolute Gasteiger partial charge is 0.0523 e. The van der Waals surface area contributed by atoms with Crippen molar-refractivity contribution in [2.45, 2.75) is 32.6 Å². The maximum Gasteiger partial charge on any atom is 0.0523 e. The van der Waals surface area contributed by atoms with Gasteiger partial charge in [0.05, 0.1) is 5.69 Å². The Balaban J connectivity index is 0.000000606. The zero-order chi connectivity index (χ0) is 12.0. The number of anilines is 1. The van der Waals surface area contributed by atoms with Crippen LogP contribution in [-0.2, 0) is 0 Å². The predicted octanol–water partition coefficient (Wildman–Crippen LogP) is 5.04. The Morgan fingerprint density at radius 2 is 1.88 bits per heavy atom. The normalized spacial score (nSPS) is 14.0. The molecule has 0 aliphatic carbocycles. The Morgan fingerprint density at radius 3 is 2.56 bits per heavy atom. The van der Waals surface area contributed by atoms with Gasteiger partial charge in [0.25, 0.3) is 0 Å². The maximum absolute atomic E-state index is 3.40. The Bertz CT molecular complexity index is 405. The molecule has 0 spiro atoms. The van der Waals surface area contributed by atoms with Crippen LogP contribution in [0, 0.1) is 0 Å². The number of nitrogens with one attached hydrogen (secondary N) is 1. The summed E-state index contributed by atoms with van der Waals surface area (Å²) in [7, 11) is 0. The second-order valence-corrected chi connectivity index (χ2v) is 4.30. The first-order valence-electron chi connectivity index (χ1n) is 5.68. The van der Waals surface area contributed by atoms with E-state index >= 15 is 0 Å². The van der Waals surface area contributed by atoms with Gasteiger partial charge < -0.3 is 5.32 Å². The van der Waals surface area contributed by atoms with Crippen molar-refractivity contribution in [3.05, 3.63) is 47.0 Å². The van der Waals surface area contributed by atoms with Gasteiger partial charge in [0, 0.05) is 15.5 Å². The Hall–Kier alpha value is -1.15. The van der Waals surface area contributed by atoms with E-state index in [9.17, 15) is 0 Å².